The Kier molecular flexibility index (Phi) is 5.22. The van der Waals surface area contributed by atoms with Gasteiger partial charge >= 0.3 is 5.97 Å². The molecule has 1 aliphatic rings. The van der Waals surface area contributed by atoms with Crippen molar-refractivity contribution in [2.45, 2.75) is 50.7 Å². The largest absolute Gasteiger partial charge is 0.480 e. The van der Waals surface area contributed by atoms with Crippen molar-refractivity contribution in [2.24, 2.45) is 0 Å². The smallest absolute Gasteiger partial charge is 0.339 e. The van der Waals surface area contributed by atoms with Crippen LogP contribution in [0.3, 0.4) is 0 Å². The van der Waals surface area contributed by atoms with E-state index in [-0.39, 0.29) is 11.3 Å². The van der Waals surface area contributed by atoms with Gasteiger partial charge in [0.1, 0.15) is 16.9 Å². The molecule has 1 aromatic carbocycles. The van der Waals surface area contributed by atoms with Gasteiger partial charge in [-0.25, -0.2) is 4.79 Å². The molecular weight excluding hydrogens is 296 g/mol. The molecule has 0 aliphatic heterocycles. The van der Waals surface area contributed by atoms with Crippen molar-refractivity contribution in [1.29, 1.82) is 5.26 Å². The number of hydrogen-bond acceptors (Lipinski definition) is 4. The van der Waals surface area contributed by atoms with Gasteiger partial charge in [-0.1, -0.05) is 31.4 Å². The van der Waals surface area contributed by atoms with Crippen molar-refractivity contribution in [3.63, 3.8) is 0 Å². The van der Waals surface area contributed by atoms with Crippen LogP contribution in [0.15, 0.2) is 24.3 Å². The van der Waals surface area contributed by atoms with E-state index in [1.165, 1.54) is 12.1 Å². The summed E-state index contributed by atoms with van der Waals surface area (Å²) in [6.07, 6.45) is 3.26. The van der Waals surface area contributed by atoms with Gasteiger partial charge in [0.15, 0.2) is 6.10 Å². The van der Waals surface area contributed by atoms with Gasteiger partial charge in [-0.2, -0.15) is 5.26 Å². The first kappa shape index (κ1) is 16.8. The zero-order valence-electron chi connectivity index (χ0n) is 13.0. The zero-order chi connectivity index (χ0) is 16.9. The lowest BCUT2D eigenvalue weighted by molar-refractivity contribution is -0.129. The SMILES string of the molecule is CC(Oc1ccccc1C(=O)O)C(=O)NC1(C#N)CCCCC1. The fourth-order valence-corrected chi connectivity index (χ4v) is 2.75. The molecule has 1 amide bonds. The number of nitrogens with zero attached hydrogens (tertiary/aromatic N) is 1. The maximum atomic E-state index is 12.3. The second kappa shape index (κ2) is 7.14. The van der Waals surface area contributed by atoms with E-state index < -0.39 is 23.5 Å². The number of carboxylic acid groups (broad SMARTS) is 1. The van der Waals surface area contributed by atoms with Crippen LogP contribution >= 0.6 is 0 Å². The van der Waals surface area contributed by atoms with E-state index in [4.69, 9.17) is 9.84 Å². The summed E-state index contributed by atoms with van der Waals surface area (Å²) < 4.78 is 5.50. The van der Waals surface area contributed by atoms with E-state index in [1.54, 1.807) is 19.1 Å². The number of hydrogen-bond donors (Lipinski definition) is 2. The van der Waals surface area contributed by atoms with Gasteiger partial charge in [-0.3, -0.25) is 4.79 Å². The Morgan fingerprint density at radius 1 is 1.30 bits per heavy atom. The van der Waals surface area contributed by atoms with Crippen LogP contribution < -0.4 is 10.1 Å². The molecule has 0 aromatic heterocycles. The number of nitriles is 1. The van der Waals surface area contributed by atoms with Gasteiger partial charge in [0, 0.05) is 0 Å². The summed E-state index contributed by atoms with van der Waals surface area (Å²) in [6.45, 7) is 1.54. The number of para-hydroxylation sites is 1. The molecule has 1 atom stereocenters. The number of ether oxygens (including phenoxy) is 1. The topological polar surface area (TPSA) is 99.4 Å². The van der Waals surface area contributed by atoms with E-state index in [1.807, 2.05) is 0 Å². The van der Waals surface area contributed by atoms with Gasteiger partial charge in [0.25, 0.3) is 5.91 Å². The molecule has 23 heavy (non-hydrogen) atoms. The van der Waals surface area contributed by atoms with Gasteiger partial charge < -0.3 is 15.2 Å². The fraction of sp³-hybridized carbons (Fsp3) is 0.471. The molecule has 0 heterocycles. The summed E-state index contributed by atoms with van der Waals surface area (Å²) in [4.78, 5) is 23.5. The number of carboxylic acids is 1. The molecule has 1 fully saturated rings. The molecule has 2 rings (SSSR count). The van der Waals surface area contributed by atoms with Gasteiger partial charge in [0.2, 0.25) is 0 Å². The van der Waals surface area contributed by atoms with Gasteiger partial charge in [-0.05, 0) is 31.9 Å². The number of carbonyl (C=O) groups excluding carboxylic acids is 1. The summed E-state index contributed by atoms with van der Waals surface area (Å²) in [5, 5.41) is 21.3. The highest BCUT2D eigenvalue weighted by Gasteiger charge is 2.35. The number of nitrogens with one attached hydrogen (secondary N) is 1. The van der Waals surface area contributed by atoms with Crippen molar-refractivity contribution >= 4 is 11.9 Å². The van der Waals surface area contributed by atoms with Crippen LogP contribution in [-0.2, 0) is 4.79 Å². The molecule has 1 aliphatic carbocycles. The van der Waals surface area contributed by atoms with Crippen molar-refractivity contribution < 1.29 is 19.4 Å². The lowest BCUT2D eigenvalue weighted by Gasteiger charge is -2.32. The van der Waals surface area contributed by atoms with Crippen molar-refractivity contribution in [1.82, 2.24) is 5.32 Å². The maximum absolute atomic E-state index is 12.3. The van der Waals surface area contributed by atoms with E-state index in [9.17, 15) is 14.9 Å². The number of amides is 1. The Morgan fingerprint density at radius 2 is 1.96 bits per heavy atom. The van der Waals surface area contributed by atoms with Crippen molar-refractivity contribution in [3.8, 4) is 11.8 Å². The first-order valence-electron chi connectivity index (χ1n) is 7.70. The maximum Gasteiger partial charge on any atom is 0.339 e. The predicted molar refractivity (Wildman–Crippen MR) is 83.1 cm³/mol. The number of benzene rings is 1. The minimum absolute atomic E-state index is 0.000173. The first-order chi connectivity index (χ1) is 11.0. The molecule has 0 bridgehead atoms. The van der Waals surface area contributed by atoms with Gasteiger partial charge in [-0.15, -0.1) is 0 Å². The predicted octanol–water partition coefficient (Wildman–Crippen LogP) is 2.49. The monoisotopic (exact) mass is 316 g/mol. The molecule has 6 heteroatoms. The van der Waals surface area contributed by atoms with Crippen LogP contribution in [-0.4, -0.2) is 28.6 Å². The molecular formula is C17H20N2O4. The summed E-state index contributed by atoms with van der Waals surface area (Å²) in [5.74, 6) is -1.39. The highest BCUT2D eigenvalue weighted by atomic mass is 16.5. The van der Waals surface area contributed by atoms with Crippen molar-refractivity contribution in [3.05, 3.63) is 29.8 Å². The third-order valence-electron chi connectivity index (χ3n) is 4.07. The highest BCUT2D eigenvalue weighted by Crippen LogP contribution is 2.28. The number of carbonyl (C=O) groups is 2. The number of rotatable bonds is 5. The molecule has 1 saturated carbocycles. The minimum Gasteiger partial charge on any atom is -0.480 e. The third-order valence-corrected chi connectivity index (χ3v) is 4.07. The molecule has 6 nitrogen and oxygen atoms in total. The Bertz CT molecular complexity index is 630. The van der Waals surface area contributed by atoms with Crippen molar-refractivity contribution in [2.75, 3.05) is 0 Å². The van der Waals surface area contributed by atoms with Crippen LogP contribution in [0.2, 0.25) is 0 Å². The average Bonchev–Trinajstić information content (AvgIpc) is 2.56. The lowest BCUT2D eigenvalue weighted by atomic mass is 9.83. The van der Waals surface area contributed by atoms with E-state index >= 15 is 0 Å². The zero-order valence-corrected chi connectivity index (χ0v) is 13.0. The van der Waals surface area contributed by atoms with Crippen LogP contribution in [0, 0.1) is 11.3 Å². The second-order valence-corrected chi connectivity index (χ2v) is 5.81. The highest BCUT2D eigenvalue weighted by molar-refractivity contribution is 5.91. The molecule has 1 unspecified atom stereocenters. The Morgan fingerprint density at radius 3 is 2.57 bits per heavy atom. The molecule has 0 spiro atoms. The van der Waals surface area contributed by atoms with Gasteiger partial charge in [0.05, 0.1) is 6.07 Å². The molecule has 1 aromatic rings. The summed E-state index contributed by atoms with van der Waals surface area (Å²) in [6, 6.07) is 8.37. The first-order valence-corrected chi connectivity index (χ1v) is 7.70. The van der Waals surface area contributed by atoms with Crippen LogP contribution in [0.25, 0.3) is 0 Å². The molecule has 2 N–H and O–H groups in total. The standard InChI is InChI=1S/C17H20N2O4/c1-12(23-14-8-4-3-7-13(14)16(21)22)15(20)19-17(11-18)9-5-2-6-10-17/h3-4,7-8,12H,2,5-6,9-10H2,1H3,(H,19,20)(H,21,22). The lowest BCUT2D eigenvalue weighted by Crippen LogP contribution is -2.52. The van der Waals surface area contributed by atoms with Crippen LogP contribution in [0.5, 0.6) is 5.75 Å². The van der Waals surface area contributed by atoms with Crippen LogP contribution in [0.1, 0.15) is 49.4 Å². The Hall–Kier alpha value is -2.55. The van der Waals surface area contributed by atoms with E-state index in [2.05, 4.69) is 11.4 Å². The fourth-order valence-electron chi connectivity index (χ4n) is 2.75. The number of aromatic carboxylic acids is 1. The van der Waals surface area contributed by atoms with E-state index in [0.717, 1.165) is 19.3 Å². The Labute approximate surface area is 135 Å². The summed E-state index contributed by atoms with van der Waals surface area (Å²) in [5.41, 5.74) is -0.834. The molecule has 122 valence electrons. The normalized spacial score (nSPS) is 17.6. The molecule has 0 radical (unpaired) electrons. The molecule has 0 saturated heterocycles. The quantitative estimate of drug-likeness (QED) is 0.869. The summed E-state index contributed by atoms with van der Waals surface area (Å²) >= 11 is 0. The Balaban J connectivity index is 2.06. The summed E-state index contributed by atoms with van der Waals surface area (Å²) in [7, 11) is 0. The average molecular weight is 316 g/mol. The van der Waals surface area contributed by atoms with Crippen LogP contribution in [0.4, 0.5) is 0 Å². The second-order valence-electron chi connectivity index (χ2n) is 5.81. The minimum atomic E-state index is -1.12. The third kappa shape index (κ3) is 4.01. The van der Waals surface area contributed by atoms with E-state index in [0.29, 0.717) is 12.8 Å².